The van der Waals surface area contributed by atoms with Crippen molar-refractivity contribution >= 4 is 17.0 Å². The van der Waals surface area contributed by atoms with E-state index in [1.165, 1.54) is 6.42 Å². The van der Waals surface area contributed by atoms with Gasteiger partial charge in [-0.15, -0.1) is 0 Å². The van der Waals surface area contributed by atoms with Gasteiger partial charge < -0.3 is 11.5 Å². The van der Waals surface area contributed by atoms with Crippen molar-refractivity contribution in [2.24, 2.45) is 5.73 Å². The smallest absolute Gasteiger partial charge is 0.165 e. The second kappa shape index (κ2) is 8.64. The Balaban J connectivity index is 1.40. The summed E-state index contributed by atoms with van der Waals surface area (Å²) in [6, 6.07) is 26.3. The highest BCUT2D eigenvalue weighted by molar-refractivity contribution is 5.84. The van der Waals surface area contributed by atoms with Gasteiger partial charge in [0.25, 0.3) is 0 Å². The lowest BCUT2D eigenvalue weighted by molar-refractivity contribution is 0.253. The molecule has 7 rings (SSSR count). The van der Waals surface area contributed by atoms with Crippen LogP contribution in [0.2, 0.25) is 0 Å². The number of imidazole rings is 1. The lowest BCUT2D eigenvalue weighted by Crippen LogP contribution is -2.43. The van der Waals surface area contributed by atoms with Gasteiger partial charge in [-0.3, -0.25) is 4.57 Å². The predicted octanol–water partition coefficient (Wildman–Crippen LogP) is 5.26. The van der Waals surface area contributed by atoms with Crippen molar-refractivity contribution in [2.45, 2.75) is 24.8 Å². The van der Waals surface area contributed by atoms with Crippen LogP contribution in [0.4, 0.5) is 5.82 Å². The van der Waals surface area contributed by atoms with E-state index in [1.807, 2.05) is 53.3 Å². The molecule has 8 nitrogen and oxygen atoms in total. The number of rotatable bonds is 5. The van der Waals surface area contributed by atoms with Gasteiger partial charge in [-0.1, -0.05) is 24.3 Å². The van der Waals surface area contributed by atoms with Crippen molar-refractivity contribution in [3.05, 3.63) is 103 Å². The van der Waals surface area contributed by atoms with Gasteiger partial charge in [0.15, 0.2) is 11.5 Å². The molecule has 38 heavy (non-hydrogen) atoms. The number of hydrogen-bond donors (Lipinski definition) is 2. The van der Waals surface area contributed by atoms with Gasteiger partial charge in [0.2, 0.25) is 0 Å². The number of pyridine rings is 2. The average Bonchev–Trinajstić information content (AvgIpc) is 3.60. The van der Waals surface area contributed by atoms with Gasteiger partial charge in [-0.25, -0.2) is 19.6 Å². The minimum atomic E-state index is -0.225. The molecule has 1 aliphatic rings. The molecule has 1 fully saturated rings. The zero-order valence-corrected chi connectivity index (χ0v) is 20.7. The topological polar surface area (TPSA) is 113 Å². The fourth-order valence-electron chi connectivity index (χ4n) is 5.17. The number of hydrogen-bond acceptors (Lipinski definition) is 6. The van der Waals surface area contributed by atoms with Crippen LogP contribution in [-0.4, -0.2) is 29.3 Å². The summed E-state index contributed by atoms with van der Waals surface area (Å²) < 4.78 is 3.89. The molecule has 0 saturated heterocycles. The molecule has 4 heterocycles. The molecule has 0 amide bonds. The lowest BCUT2D eigenvalue weighted by Gasteiger charge is -2.38. The van der Waals surface area contributed by atoms with Crippen molar-refractivity contribution in [1.29, 1.82) is 0 Å². The molecule has 8 heteroatoms. The summed E-state index contributed by atoms with van der Waals surface area (Å²) in [6.45, 7) is 0. The van der Waals surface area contributed by atoms with Crippen LogP contribution in [0.15, 0.2) is 97.5 Å². The molecule has 2 aromatic carbocycles. The summed E-state index contributed by atoms with van der Waals surface area (Å²) >= 11 is 0. The van der Waals surface area contributed by atoms with E-state index in [2.05, 4.69) is 51.0 Å². The van der Waals surface area contributed by atoms with Crippen molar-refractivity contribution in [1.82, 2.24) is 29.3 Å². The third kappa shape index (κ3) is 3.65. The van der Waals surface area contributed by atoms with E-state index in [0.29, 0.717) is 11.6 Å². The molecule has 0 bridgehead atoms. The normalized spacial score (nSPS) is 14.4. The number of nitrogen functional groups attached to an aromatic ring is 1. The van der Waals surface area contributed by atoms with E-state index in [0.717, 1.165) is 57.8 Å². The monoisotopic (exact) mass is 498 g/mol. The fraction of sp³-hybridized carbons (Fsp3) is 0.133. The minimum Gasteiger partial charge on any atom is -0.383 e. The fourth-order valence-corrected chi connectivity index (χ4v) is 5.17. The highest BCUT2D eigenvalue weighted by atomic mass is 15.3. The molecule has 186 valence electrons. The number of nitrogens with two attached hydrogens (primary N) is 2. The Labute approximate surface area is 219 Å². The van der Waals surface area contributed by atoms with E-state index >= 15 is 0 Å². The summed E-state index contributed by atoms with van der Waals surface area (Å²) in [7, 11) is 0. The molecule has 6 aromatic rings. The maximum absolute atomic E-state index is 6.59. The Morgan fingerprint density at radius 2 is 1.68 bits per heavy atom. The first kappa shape index (κ1) is 22.4. The van der Waals surface area contributed by atoms with E-state index in [4.69, 9.17) is 21.4 Å². The van der Waals surface area contributed by atoms with E-state index in [9.17, 15) is 0 Å². The van der Waals surface area contributed by atoms with Crippen LogP contribution < -0.4 is 11.5 Å². The second-order valence-electron chi connectivity index (χ2n) is 9.80. The molecular weight excluding hydrogens is 472 g/mol. The van der Waals surface area contributed by atoms with Gasteiger partial charge in [0.05, 0.1) is 16.9 Å². The van der Waals surface area contributed by atoms with Crippen molar-refractivity contribution in [3.8, 4) is 34.0 Å². The Bertz CT molecular complexity index is 1760. The minimum absolute atomic E-state index is 0.225. The van der Waals surface area contributed by atoms with Gasteiger partial charge in [0, 0.05) is 35.4 Å². The van der Waals surface area contributed by atoms with E-state index in [1.54, 1.807) is 12.4 Å². The third-order valence-corrected chi connectivity index (χ3v) is 7.44. The van der Waals surface area contributed by atoms with Gasteiger partial charge in [-0.2, -0.15) is 5.10 Å². The Morgan fingerprint density at radius 1 is 0.816 bits per heavy atom. The molecule has 0 unspecified atom stereocenters. The molecule has 0 atom stereocenters. The second-order valence-corrected chi connectivity index (χ2v) is 9.80. The van der Waals surface area contributed by atoms with E-state index in [-0.39, 0.29) is 5.54 Å². The lowest BCUT2D eigenvalue weighted by atomic mass is 9.73. The quantitative estimate of drug-likeness (QED) is 0.335. The van der Waals surface area contributed by atoms with Gasteiger partial charge in [0.1, 0.15) is 11.3 Å². The average molecular weight is 499 g/mol. The number of benzene rings is 2. The summed E-state index contributed by atoms with van der Waals surface area (Å²) in [5.41, 5.74) is 19.8. The number of aromatic nitrogens is 6. The van der Waals surface area contributed by atoms with Crippen molar-refractivity contribution in [3.63, 3.8) is 0 Å². The van der Waals surface area contributed by atoms with Crippen molar-refractivity contribution in [2.75, 3.05) is 5.73 Å². The summed E-state index contributed by atoms with van der Waals surface area (Å²) in [4.78, 5) is 14.4. The molecule has 0 radical (unpaired) electrons. The van der Waals surface area contributed by atoms with Crippen molar-refractivity contribution < 1.29 is 0 Å². The summed E-state index contributed by atoms with van der Waals surface area (Å²) in [6.07, 6.45) is 8.57. The van der Waals surface area contributed by atoms with Gasteiger partial charge >= 0.3 is 0 Å². The largest absolute Gasteiger partial charge is 0.383 e. The first-order chi connectivity index (χ1) is 18.6. The van der Waals surface area contributed by atoms with E-state index < -0.39 is 0 Å². The van der Waals surface area contributed by atoms with Crippen LogP contribution >= 0.6 is 0 Å². The number of nitrogens with zero attached hydrogens (tertiary/aromatic N) is 6. The Kier molecular flexibility index (Phi) is 5.09. The van der Waals surface area contributed by atoms with Gasteiger partial charge in [-0.05, 0) is 79.4 Å². The van der Waals surface area contributed by atoms with Crippen LogP contribution in [-0.2, 0) is 5.54 Å². The maximum atomic E-state index is 6.59. The molecule has 0 spiro atoms. The SMILES string of the molecule is Nc1ncccc1-c1nc2ccc(-c3cccc(-n4cccn4)c3)nc2n1-c1ccc(C2(N)CCC2)cc1. The number of fused-ring (bicyclic) bond motifs is 1. The Morgan fingerprint density at radius 3 is 2.42 bits per heavy atom. The molecule has 1 aliphatic carbocycles. The van der Waals surface area contributed by atoms with Crippen LogP contribution in [0, 0.1) is 0 Å². The molecule has 4 aromatic heterocycles. The highest BCUT2D eigenvalue weighted by Crippen LogP contribution is 2.39. The Hall–Kier alpha value is -4.82. The number of anilines is 1. The van der Waals surface area contributed by atoms with Crippen LogP contribution in [0.3, 0.4) is 0 Å². The summed E-state index contributed by atoms with van der Waals surface area (Å²) in [5.74, 6) is 1.11. The summed E-state index contributed by atoms with van der Waals surface area (Å²) in [5, 5.41) is 4.36. The zero-order chi connectivity index (χ0) is 25.7. The standard InChI is InChI=1S/C30H26N8/c31-27-24(7-2-16-33-27)28-36-26-13-12-25(20-5-1-6-23(19-20)37-18-4-17-34-37)35-29(26)38(28)22-10-8-21(9-11-22)30(32)14-3-15-30/h1-2,4-13,16-19H,3,14-15,32H2,(H2,31,33). The molecular formula is C30H26N8. The molecule has 4 N–H and O–H groups in total. The first-order valence-electron chi connectivity index (χ1n) is 12.7. The van der Waals surface area contributed by atoms with Crippen LogP contribution in [0.1, 0.15) is 24.8 Å². The molecule has 0 aliphatic heterocycles. The predicted molar refractivity (Wildman–Crippen MR) is 149 cm³/mol. The third-order valence-electron chi connectivity index (χ3n) is 7.44. The maximum Gasteiger partial charge on any atom is 0.165 e. The highest BCUT2D eigenvalue weighted by Gasteiger charge is 2.34. The zero-order valence-electron chi connectivity index (χ0n) is 20.7. The van der Waals surface area contributed by atoms with Crippen LogP contribution in [0.25, 0.3) is 45.2 Å². The first-order valence-corrected chi connectivity index (χ1v) is 12.7. The van der Waals surface area contributed by atoms with Crippen LogP contribution in [0.5, 0.6) is 0 Å². The molecule has 1 saturated carbocycles.